The molecule has 0 aliphatic heterocycles. The predicted octanol–water partition coefficient (Wildman–Crippen LogP) is 21.3. The van der Waals surface area contributed by atoms with Gasteiger partial charge in [0, 0.05) is 12.8 Å². The lowest BCUT2D eigenvalue weighted by Crippen LogP contribution is -2.47. The summed E-state index contributed by atoms with van der Waals surface area (Å²) in [6.07, 6.45) is 70.6. The molecule has 470 valence electrons. The van der Waals surface area contributed by atoms with E-state index in [-0.39, 0.29) is 31.5 Å². The predicted molar refractivity (Wildman–Crippen MR) is 340 cm³/mol. The minimum absolute atomic E-state index is 0.0166. The third-order valence-corrected chi connectivity index (χ3v) is 17.2. The van der Waals surface area contributed by atoms with Gasteiger partial charge >= 0.3 is 5.97 Å². The molecule has 9 nitrogen and oxygen atoms in total. The molecule has 0 spiro atoms. The van der Waals surface area contributed by atoms with Crippen molar-refractivity contribution >= 4 is 19.7 Å². The molecular formula is C69H137N2O7P. The zero-order chi connectivity index (χ0) is 57.9. The molecule has 0 saturated carbocycles. The molecule has 79 heavy (non-hydrogen) atoms. The summed E-state index contributed by atoms with van der Waals surface area (Å²) in [5, 5.41) is 3.05. The van der Waals surface area contributed by atoms with Crippen LogP contribution in [0.1, 0.15) is 367 Å². The van der Waals surface area contributed by atoms with Crippen molar-refractivity contribution in [1.82, 2.24) is 5.32 Å². The van der Waals surface area contributed by atoms with Gasteiger partial charge in [0.25, 0.3) is 7.82 Å². The van der Waals surface area contributed by atoms with Gasteiger partial charge in [-0.1, -0.05) is 335 Å². The van der Waals surface area contributed by atoms with E-state index in [2.05, 4.69) is 26.1 Å². The Kier molecular flexibility index (Phi) is 58.9. The van der Waals surface area contributed by atoms with E-state index in [0.29, 0.717) is 17.4 Å². The maximum absolute atomic E-state index is 13.6. The Bertz CT molecular complexity index is 1360. The summed E-state index contributed by atoms with van der Waals surface area (Å²) >= 11 is 0. The number of quaternary nitrogens is 1. The summed E-state index contributed by atoms with van der Waals surface area (Å²) in [6.45, 7) is 6.91. The fourth-order valence-electron chi connectivity index (χ4n) is 10.8. The highest BCUT2D eigenvalue weighted by atomic mass is 31.2. The molecule has 1 amide bonds. The third kappa shape index (κ3) is 61.1. The number of allylic oxidation sites excluding steroid dienone is 1. The molecule has 0 fully saturated rings. The summed E-state index contributed by atoms with van der Waals surface area (Å²) in [5.74, 6) is -0.516. The fraction of sp³-hybridized carbons (Fsp3) is 0.942. The molecule has 0 rings (SSSR count). The molecule has 0 aliphatic carbocycles. The average Bonchev–Trinajstić information content (AvgIpc) is 3.41. The lowest BCUT2D eigenvalue weighted by Gasteiger charge is -2.30. The molecule has 3 atom stereocenters. The molecule has 0 aromatic carbocycles. The van der Waals surface area contributed by atoms with E-state index in [4.69, 9.17) is 13.8 Å². The third-order valence-electron chi connectivity index (χ3n) is 16.2. The van der Waals surface area contributed by atoms with Crippen LogP contribution >= 0.6 is 7.82 Å². The number of carbonyl (C=O) groups is 2. The normalized spacial score (nSPS) is 13.6. The van der Waals surface area contributed by atoms with Gasteiger partial charge in [-0.2, -0.15) is 0 Å². The summed E-state index contributed by atoms with van der Waals surface area (Å²) in [4.78, 5) is 40.1. The van der Waals surface area contributed by atoms with E-state index >= 15 is 0 Å². The van der Waals surface area contributed by atoms with Crippen LogP contribution in [0.4, 0.5) is 0 Å². The number of phosphoric ester groups is 1. The molecule has 1 N–H and O–H groups in total. The molecule has 0 heterocycles. The van der Waals surface area contributed by atoms with Crippen molar-refractivity contribution in [3.8, 4) is 0 Å². The number of hydrogen-bond donors (Lipinski definition) is 1. The summed E-state index contributed by atoms with van der Waals surface area (Å²) in [6, 6.07) is -0.880. The summed E-state index contributed by atoms with van der Waals surface area (Å²) in [7, 11) is 1.21. The van der Waals surface area contributed by atoms with Crippen LogP contribution in [0.25, 0.3) is 0 Å². The van der Waals surface area contributed by atoms with Crippen molar-refractivity contribution in [3.63, 3.8) is 0 Å². The van der Waals surface area contributed by atoms with Crippen LogP contribution in [-0.4, -0.2) is 69.4 Å². The van der Waals surface area contributed by atoms with Crippen LogP contribution < -0.4 is 10.2 Å². The zero-order valence-electron chi connectivity index (χ0n) is 53.9. The Morgan fingerprint density at radius 1 is 0.430 bits per heavy atom. The molecule has 0 aliphatic rings. The maximum Gasteiger partial charge on any atom is 0.306 e. The largest absolute Gasteiger partial charge is 0.756 e. The molecule has 10 heteroatoms. The Labute approximate surface area is 492 Å². The topological polar surface area (TPSA) is 114 Å². The SMILES string of the molecule is CCCCCCCCCCCC/C=C\C(OC(=O)CCCCCCCCCCCCCCCC)C(COP(=O)([O-])OCC[N+](C)(C)C)NC(=O)CCCCCCCCCCCCCCCCCCCCCCCCCCCCC. The second-order valence-corrected chi connectivity index (χ2v) is 26.8. The van der Waals surface area contributed by atoms with Gasteiger partial charge in [-0.3, -0.25) is 14.2 Å². The van der Waals surface area contributed by atoms with Gasteiger partial charge in [-0.15, -0.1) is 0 Å². The van der Waals surface area contributed by atoms with Gasteiger partial charge in [0.1, 0.15) is 19.3 Å². The Hall–Kier alpha value is -1.25. The van der Waals surface area contributed by atoms with E-state index in [1.807, 2.05) is 33.3 Å². The second-order valence-electron chi connectivity index (χ2n) is 25.4. The number of rotatable bonds is 65. The van der Waals surface area contributed by atoms with Gasteiger partial charge in [0.15, 0.2) is 0 Å². The van der Waals surface area contributed by atoms with E-state index in [0.717, 1.165) is 57.8 Å². The number of hydrogen-bond acceptors (Lipinski definition) is 7. The van der Waals surface area contributed by atoms with Gasteiger partial charge < -0.3 is 28.5 Å². The smallest absolute Gasteiger partial charge is 0.306 e. The van der Waals surface area contributed by atoms with E-state index in [1.54, 1.807) is 0 Å². The molecule has 0 saturated heterocycles. The first-order valence-electron chi connectivity index (χ1n) is 35.0. The number of carbonyl (C=O) groups excluding carboxylic acids is 2. The number of nitrogens with zero attached hydrogens (tertiary/aromatic N) is 1. The molecule has 0 radical (unpaired) electrons. The highest BCUT2D eigenvalue weighted by molar-refractivity contribution is 7.45. The minimum atomic E-state index is -4.69. The lowest BCUT2D eigenvalue weighted by atomic mass is 10.0. The van der Waals surface area contributed by atoms with Crippen LogP contribution in [0.5, 0.6) is 0 Å². The van der Waals surface area contributed by atoms with Crippen LogP contribution in [0.2, 0.25) is 0 Å². The van der Waals surface area contributed by atoms with Crippen molar-refractivity contribution in [1.29, 1.82) is 0 Å². The number of amides is 1. The first kappa shape index (κ1) is 77.8. The summed E-state index contributed by atoms with van der Waals surface area (Å²) < 4.78 is 30.4. The number of unbranched alkanes of at least 4 members (excludes halogenated alkanes) is 49. The zero-order valence-corrected chi connectivity index (χ0v) is 54.8. The number of esters is 1. The van der Waals surface area contributed by atoms with E-state index in [1.165, 1.54) is 276 Å². The molecule has 3 unspecified atom stereocenters. The molecule has 0 aromatic heterocycles. The average molecular weight is 1140 g/mol. The highest BCUT2D eigenvalue weighted by Gasteiger charge is 2.27. The maximum atomic E-state index is 13.6. The van der Waals surface area contributed by atoms with Crippen LogP contribution in [0, 0.1) is 0 Å². The quantitative estimate of drug-likeness (QED) is 0.0212. The Morgan fingerprint density at radius 3 is 1.04 bits per heavy atom. The number of nitrogens with one attached hydrogen (secondary N) is 1. The monoisotopic (exact) mass is 1140 g/mol. The van der Waals surface area contributed by atoms with Crippen molar-refractivity contribution in [2.24, 2.45) is 0 Å². The van der Waals surface area contributed by atoms with Gasteiger partial charge in [0.2, 0.25) is 5.91 Å². The first-order valence-corrected chi connectivity index (χ1v) is 36.5. The second kappa shape index (κ2) is 59.9. The fourth-order valence-corrected chi connectivity index (χ4v) is 11.5. The lowest BCUT2D eigenvalue weighted by molar-refractivity contribution is -0.870. The van der Waals surface area contributed by atoms with Crippen LogP contribution in [-0.2, 0) is 27.9 Å². The summed E-state index contributed by atoms with van der Waals surface area (Å²) in [5.41, 5.74) is 0. The van der Waals surface area contributed by atoms with Crippen LogP contribution in [0.15, 0.2) is 12.2 Å². The van der Waals surface area contributed by atoms with Crippen molar-refractivity contribution in [3.05, 3.63) is 12.2 Å². The molecular weight excluding hydrogens is 1000 g/mol. The molecule has 0 bridgehead atoms. The van der Waals surface area contributed by atoms with Crippen LogP contribution in [0.3, 0.4) is 0 Å². The standard InChI is InChI=1S/C69H137N2O7P/c1-7-10-13-16-19-22-25-28-30-31-32-33-34-35-36-37-38-39-40-41-42-43-46-49-52-55-58-61-68(72)70-66(65-77-79(74,75)76-64-63-71(4,5)6)67(60-57-54-51-48-45-27-24-21-18-15-12-9-3)78-69(73)62-59-56-53-50-47-44-29-26-23-20-17-14-11-8-2/h57,60,66-67H,7-56,58-59,61-65H2,1-6H3,(H-,70,72,74,75)/b60-57-. The number of phosphoric acid groups is 1. The van der Waals surface area contributed by atoms with Gasteiger partial charge in [0.05, 0.1) is 33.8 Å². The van der Waals surface area contributed by atoms with Crippen molar-refractivity contribution in [2.45, 2.75) is 380 Å². The molecule has 0 aromatic rings. The highest BCUT2D eigenvalue weighted by Crippen LogP contribution is 2.38. The van der Waals surface area contributed by atoms with Gasteiger partial charge in [-0.25, -0.2) is 0 Å². The van der Waals surface area contributed by atoms with E-state index in [9.17, 15) is 19.0 Å². The first-order chi connectivity index (χ1) is 38.4. The van der Waals surface area contributed by atoms with E-state index < -0.39 is 20.0 Å². The van der Waals surface area contributed by atoms with Crippen molar-refractivity contribution in [2.75, 3.05) is 40.9 Å². The Morgan fingerprint density at radius 2 is 0.722 bits per heavy atom. The van der Waals surface area contributed by atoms with Gasteiger partial charge in [-0.05, 0) is 31.8 Å². The van der Waals surface area contributed by atoms with Crippen molar-refractivity contribution < 1.29 is 37.3 Å². The number of likely N-dealkylation sites (N-methyl/N-ethyl adjacent to an activating group) is 1. The minimum Gasteiger partial charge on any atom is -0.756 e. The Balaban J connectivity index is 4.93. The number of ether oxygens (including phenoxy) is 1.